The summed E-state index contributed by atoms with van der Waals surface area (Å²) in [6.45, 7) is 0. The van der Waals surface area contributed by atoms with E-state index >= 15 is 0 Å². The molecule has 0 aliphatic carbocycles. The van der Waals surface area contributed by atoms with E-state index in [0.29, 0.717) is 5.39 Å². The average molecular weight is 442 g/mol. The summed E-state index contributed by atoms with van der Waals surface area (Å²) in [6, 6.07) is 14.4. The zero-order valence-corrected chi connectivity index (χ0v) is 16.8. The average Bonchev–Trinajstić information content (AvgIpc) is 2.68. The third kappa shape index (κ3) is 4.43. The first-order valence-electron chi connectivity index (χ1n) is 8.68. The maximum Gasteiger partial charge on any atom is 0.461 e. The fourth-order valence-corrected chi connectivity index (χ4v) is 4.17. The summed E-state index contributed by atoms with van der Waals surface area (Å²) >= 11 is 0. The van der Waals surface area contributed by atoms with Gasteiger partial charge >= 0.3 is 12.5 Å². The number of rotatable bonds is 7. The predicted octanol–water partition coefficient (Wildman–Crippen LogP) is 4.94. The predicted molar refractivity (Wildman–Crippen MR) is 107 cm³/mol. The van der Waals surface area contributed by atoms with Crippen LogP contribution >= 0.6 is 0 Å². The van der Waals surface area contributed by atoms with Crippen LogP contribution in [0, 0.1) is 0 Å². The Morgan fingerprint density at radius 2 is 1.53 bits per heavy atom. The maximum absolute atomic E-state index is 13.0. The lowest BCUT2D eigenvalue weighted by molar-refractivity contribution is -0.253. The highest BCUT2D eigenvalue weighted by atomic mass is 32.2. The minimum absolute atomic E-state index is 0.0354. The van der Waals surface area contributed by atoms with Crippen molar-refractivity contribution in [1.82, 2.24) is 0 Å². The molecule has 0 aromatic heterocycles. The van der Waals surface area contributed by atoms with Crippen molar-refractivity contribution in [3.63, 3.8) is 0 Å². The molecule has 160 valence electrons. The third-order valence-corrected chi connectivity index (χ3v) is 5.68. The molecule has 0 aliphatic heterocycles. The van der Waals surface area contributed by atoms with Crippen LogP contribution in [0.4, 0.5) is 28.9 Å². The highest BCUT2D eigenvalue weighted by Gasteiger charge is 2.43. The van der Waals surface area contributed by atoms with Gasteiger partial charge in [0.1, 0.15) is 5.75 Å². The standard InChI is InChI=1S/C20H18F4N2O3S/c1-26(2)17-7-3-6-16-15(17)5-4-8-18(16)30(27,28)25-13-9-11-14(12-10-13)29-20(23,24)19(21)22/h3-12,19,25H,1-2H3. The van der Waals surface area contributed by atoms with Crippen molar-refractivity contribution in [1.29, 1.82) is 0 Å². The van der Waals surface area contributed by atoms with Gasteiger partial charge in [0.15, 0.2) is 0 Å². The van der Waals surface area contributed by atoms with E-state index in [1.165, 1.54) is 6.07 Å². The van der Waals surface area contributed by atoms with Crippen LogP contribution in [0.5, 0.6) is 5.75 Å². The van der Waals surface area contributed by atoms with Crippen LogP contribution in [-0.2, 0) is 10.0 Å². The highest BCUT2D eigenvalue weighted by Crippen LogP contribution is 2.32. The minimum atomic E-state index is -4.64. The van der Waals surface area contributed by atoms with Crippen LogP contribution < -0.4 is 14.4 Å². The lowest BCUT2D eigenvalue weighted by Crippen LogP contribution is -2.33. The summed E-state index contributed by atoms with van der Waals surface area (Å²) in [6.07, 6.45) is -8.64. The van der Waals surface area contributed by atoms with Crippen LogP contribution in [0.15, 0.2) is 65.6 Å². The van der Waals surface area contributed by atoms with Crippen molar-refractivity contribution in [2.24, 2.45) is 0 Å². The number of hydrogen-bond acceptors (Lipinski definition) is 4. The molecule has 0 saturated heterocycles. The molecular weight excluding hydrogens is 424 g/mol. The summed E-state index contributed by atoms with van der Waals surface area (Å²) in [5.41, 5.74) is 0.898. The van der Waals surface area contributed by atoms with E-state index in [0.717, 1.165) is 35.3 Å². The van der Waals surface area contributed by atoms with Gasteiger partial charge in [-0.2, -0.15) is 17.6 Å². The molecule has 0 fully saturated rings. The number of benzene rings is 3. The first-order chi connectivity index (χ1) is 14.0. The molecule has 0 spiro atoms. The second-order valence-electron chi connectivity index (χ2n) is 6.62. The largest absolute Gasteiger partial charge is 0.461 e. The molecule has 0 atom stereocenters. The smallest absolute Gasteiger partial charge is 0.428 e. The fourth-order valence-electron chi connectivity index (χ4n) is 2.89. The van der Waals surface area contributed by atoms with Crippen molar-refractivity contribution < 1.29 is 30.7 Å². The van der Waals surface area contributed by atoms with Gasteiger partial charge in [0.25, 0.3) is 10.0 Å². The van der Waals surface area contributed by atoms with Crippen LogP contribution in [0.2, 0.25) is 0 Å². The summed E-state index contributed by atoms with van der Waals surface area (Å²) in [5, 5.41) is 1.25. The Balaban J connectivity index is 1.90. The van der Waals surface area contributed by atoms with Gasteiger partial charge < -0.3 is 9.64 Å². The maximum atomic E-state index is 13.0. The quantitative estimate of drug-likeness (QED) is 0.527. The molecule has 3 aromatic rings. The van der Waals surface area contributed by atoms with Crippen LogP contribution in [-0.4, -0.2) is 35.0 Å². The van der Waals surface area contributed by atoms with Gasteiger partial charge in [-0.15, -0.1) is 0 Å². The van der Waals surface area contributed by atoms with Crippen molar-refractivity contribution in [2.75, 3.05) is 23.7 Å². The van der Waals surface area contributed by atoms with Gasteiger partial charge in [0.2, 0.25) is 0 Å². The number of ether oxygens (including phenoxy) is 1. The van der Waals surface area contributed by atoms with Crippen LogP contribution in [0.25, 0.3) is 10.8 Å². The van der Waals surface area contributed by atoms with Gasteiger partial charge in [-0.1, -0.05) is 24.3 Å². The molecule has 0 amide bonds. The zero-order chi connectivity index (χ0) is 22.1. The topological polar surface area (TPSA) is 58.6 Å². The molecule has 5 nitrogen and oxygen atoms in total. The first kappa shape index (κ1) is 21.7. The van der Waals surface area contributed by atoms with E-state index in [2.05, 4.69) is 9.46 Å². The van der Waals surface area contributed by atoms with Crippen molar-refractivity contribution >= 4 is 32.2 Å². The molecule has 0 radical (unpaired) electrons. The third-order valence-electron chi connectivity index (χ3n) is 4.24. The van der Waals surface area contributed by atoms with Crippen molar-refractivity contribution in [3.8, 4) is 5.75 Å². The molecule has 1 N–H and O–H groups in total. The Labute approximate surface area is 170 Å². The van der Waals surface area contributed by atoms with Gasteiger partial charge in [-0.3, -0.25) is 4.72 Å². The monoisotopic (exact) mass is 442 g/mol. The van der Waals surface area contributed by atoms with E-state index in [-0.39, 0.29) is 10.6 Å². The highest BCUT2D eigenvalue weighted by molar-refractivity contribution is 7.93. The van der Waals surface area contributed by atoms with Gasteiger partial charge in [0, 0.05) is 36.2 Å². The fraction of sp³-hybridized carbons (Fsp3) is 0.200. The number of alkyl halides is 4. The number of hydrogen-bond donors (Lipinski definition) is 1. The molecule has 0 saturated carbocycles. The number of nitrogens with zero attached hydrogens (tertiary/aromatic N) is 1. The van der Waals surface area contributed by atoms with Gasteiger partial charge in [0.05, 0.1) is 4.90 Å². The molecule has 30 heavy (non-hydrogen) atoms. The van der Waals surface area contributed by atoms with Crippen molar-refractivity contribution in [2.45, 2.75) is 17.4 Å². The van der Waals surface area contributed by atoms with E-state index in [1.807, 2.05) is 25.1 Å². The molecule has 0 heterocycles. The molecule has 3 rings (SSSR count). The van der Waals surface area contributed by atoms with E-state index in [9.17, 15) is 26.0 Å². The first-order valence-corrected chi connectivity index (χ1v) is 10.2. The lowest BCUT2D eigenvalue weighted by atomic mass is 10.1. The number of sulfonamides is 1. The summed E-state index contributed by atoms with van der Waals surface area (Å²) in [5.74, 6) is -0.524. The number of halogens is 4. The van der Waals surface area contributed by atoms with Crippen molar-refractivity contribution in [3.05, 3.63) is 60.7 Å². The molecule has 10 heteroatoms. The van der Waals surface area contributed by atoms with E-state index < -0.39 is 28.3 Å². The Hall–Kier alpha value is -3.01. The van der Waals surface area contributed by atoms with Crippen LogP contribution in [0.1, 0.15) is 0 Å². The summed E-state index contributed by atoms with van der Waals surface area (Å²) < 4.78 is 82.6. The second-order valence-corrected chi connectivity index (χ2v) is 8.27. The summed E-state index contributed by atoms with van der Waals surface area (Å²) in [7, 11) is -0.336. The van der Waals surface area contributed by atoms with Gasteiger partial charge in [-0.05, 0) is 36.4 Å². The zero-order valence-electron chi connectivity index (χ0n) is 15.9. The summed E-state index contributed by atoms with van der Waals surface area (Å²) in [4.78, 5) is 1.90. The SMILES string of the molecule is CN(C)c1cccc2c(S(=O)(=O)Nc3ccc(OC(F)(F)C(F)F)cc3)cccc12. The Morgan fingerprint density at radius 1 is 0.933 bits per heavy atom. The number of anilines is 2. The molecular formula is C20H18F4N2O3S. The number of nitrogens with one attached hydrogen (secondary N) is 1. The Morgan fingerprint density at radius 3 is 2.13 bits per heavy atom. The normalized spacial score (nSPS) is 12.2. The molecule has 0 bridgehead atoms. The minimum Gasteiger partial charge on any atom is -0.428 e. The molecule has 0 unspecified atom stereocenters. The lowest BCUT2D eigenvalue weighted by Gasteiger charge is -2.18. The molecule has 3 aromatic carbocycles. The number of fused-ring (bicyclic) bond motifs is 1. The van der Waals surface area contributed by atoms with E-state index in [1.54, 1.807) is 24.3 Å². The van der Waals surface area contributed by atoms with Gasteiger partial charge in [-0.25, -0.2) is 8.42 Å². The van der Waals surface area contributed by atoms with Crippen LogP contribution in [0.3, 0.4) is 0 Å². The van der Waals surface area contributed by atoms with E-state index in [4.69, 9.17) is 0 Å². The Kier molecular flexibility index (Phi) is 5.80. The Bertz CT molecular complexity index is 1150. The molecule has 0 aliphatic rings. The second kappa shape index (κ2) is 8.02.